The molecule has 1 atom stereocenters. The minimum Gasteiger partial charge on any atom is -0.456 e. The van der Waals surface area contributed by atoms with Gasteiger partial charge in [-0.1, -0.05) is 54.3 Å². The minimum absolute atomic E-state index is 0.428. The van der Waals surface area contributed by atoms with Gasteiger partial charge in [0.25, 0.3) is 0 Å². The van der Waals surface area contributed by atoms with Crippen molar-refractivity contribution < 1.29 is 4.12 Å². The minimum atomic E-state index is -1.50. The molecule has 0 aliphatic rings. The zero-order valence-electron chi connectivity index (χ0n) is 15.2. The summed E-state index contributed by atoms with van der Waals surface area (Å²) in [4.78, 5) is 0. The quantitative estimate of drug-likeness (QED) is 0.264. The van der Waals surface area contributed by atoms with E-state index in [0.717, 1.165) is 9.28 Å². The second-order valence-electron chi connectivity index (χ2n) is 7.35. The summed E-state index contributed by atoms with van der Waals surface area (Å²) >= 11 is 9.17. The van der Waals surface area contributed by atoms with E-state index in [1.54, 1.807) is 11.8 Å². The summed E-state index contributed by atoms with van der Waals surface area (Å²) in [5.74, 6) is 1.11. The summed E-state index contributed by atoms with van der Waals surface area (Å²) in [5.41, 5.74) is 1.34. The van der Waals surface area contributed by atoms with E-state index in [4.69, 9.17) is 16.3 Å². The summed E-state index contributed by atoms with van der Waals surface area (Å²) in [5, 5.41) is 0.428. The van der Waals surface area contributed by atoms with Gasteiger partial charge in [-0.2, -0.15) is 0 Å². The third-order valence-electron chi connectivity index (χ3n) is 3.27. The normalized spacial score (nSPS) is 13.8. The highest BCUT2D eigenvalue weighted by molar-refractivity contribution is 8.47. The Labute approximate surface area is 158 Å². The number of thiocarbonyl (C=S) groups is 1. The second-order valence-corrected chi connectivity index (χ2v) is 20.0. The highest BCUT2D eigenvalue weighted by Crippen LogP contribution is 2.33. The van der Waals surface area contributed by atoms with Gasteiger partial charge in [-0.3, -0.25) is 0 Å². The molecule has 1 aromatic carbocycles. The molecule has 0 fully saturated rings. The standard InChI is InChI=1S/C17H30OS3Si2/c1-15(16-11-8-7-9-12-16)21-17(19)20-13-10-14-23(5,6)18-22(2,3)4/h7-9,11-12,15H,10,13-14H2,1-6H3. The zero-order chi connectivity index (χ0) is 17.5. The molecule has 0 aliphatic carbocycles. The highest BCUT2D eigenvalue weighted by atomic mass is 32.2. The Kier molecular flexibility index (Phi) is 9.11. The van der Waals surface area contributed by atoms with E-state index in [-0.39, 0.29) is 0 Å². The fraction of sp³-hybridized carbons (Fsp3) is 0.588. The van der Waals surface area contributed by atoms with Crippen molar-refractivity contribution in [1.29, 1.82) is 0 Å². The average Bonchev–Trinajstić information content (AvgIpc) is 2.42. The van der Waals surface area contributed by atoms with Gasteiger partial charge in [0.15, 0.2) is 16.6 Å². The van der Waals surface area contributed by atoms with Crippen LogP contribution in [0.3, 0.4) is 0 Å². The molecule has 0 radical (unpaired) electrons. The lowest BCUT2D eigenvalue weighted by Gasteiger charge is -2.31. The first-order valence-corrected chi connectivity index (χ1v) is 17.0. The maximum Gasteiger partial charge on any atom is 0.173 e. The van der Waals surface area contributed by atoms with Crippen molar-refractivity contribution in [3.05, 3.63) is 35.9 Å². The molecule has 0 aliphatic heterocycles. The van der Waals surface area contributed by atoms with E-state index in [9.17, 15) is 0 Å². The van der Waals surface area contributed by atoms with Crippen LogP contribution in [0.1, 0.15) is 24.2 Å². The molecular weight excluding hydrogens is 373 g/mol. The fourth-order valence-corrected chi connectivity index (χ4v) is 13.5. The molecule has 6 heteroatoms. The maximum absolute atomic E-state index is 6.39. The van der Waals surface area contributed by atoms with Crippen molar-refractivity contribution in [2.45, 2.75) is 57.4 Å². The smallest absolute Gasteiger partial charge is 0.173 e. The number of hydrogen-bond acceptors (Lipinski definition) is 4. The van der Waals surface area contributed by atoms with Crippen molar-refractivity contribution in [3.8, 4) is 0 Å². The van der Waals surface area contributed by atoms with Crippen LogP contribution in [0, 0.1) is 0 Å². The molecule has 0 saturated carbocycles. The zero-order valence-corrected chi connectivity index (χ0v) is 19.7. The first-order chi connectivity index (χ1) is 10.6. The molecule has 0 amide bonds. The summed E-state index contributed by atoms with van der Waals surface area (Å²) in [6, 6.07) is 11.8. The highest BCUT2D eigenvalue weighted by Gasteiger charge is 2.28. The van der Waals surface area contributed by atoms with Gasteiger partial charge in [0.2, 0.25) is 0 Å². The summed E-state index contributed by atoms with van der Waals surface area (Å²) < 4.78 is 7.45. The topological polar surface area (TPSA) is 9.23 Å². The average molecular weight is 403 g/mol. The lowest BCUT2D eigenvalue weighted by atomic mass is 10.2. The number of hydrogen-bond donors (Lipinski definition) is 0. The van der Waals surface area contributed by atoms with Gasteiger partial charge >= 0.3 is 0 Å². The van der Waals surface area contributed by atoms with E-state index in [1.165, 1.54) is 18.0 Å². The Morgan fingerprint density at radius 3 is 2.30 bits per heavy atom. The van der Waals surface area contributed by atoms with Gasteiger partial charge in [-0.25, -0.2) is 0 Å². The molecule has 0 saturated heterocycles. The van der Waals surface area contributed by atoms with E-state index >= 15 is 0 Å². The van der Waals surface area contributed by atoms with Gasteiger partial charge in [0, 0.05) is 5.25 Å². The number of rotatable bonds is 8. The third-order valence-corrected chi connectivity index (χ3v) is 12.3. The molecule has 0 bridgehead atoms. The molecule has 0 spiro atoms. The van der Waals surface area contributed by atoms with Crippen LogP contribution in [0.4, 0.5) is 0 Å². The van der Waals surface area contributed by atoms with Gasteiger partial charge in [-0.05, 0) is 63.4 Å². The lowest BCUT2D eigenvalue weighted by Crippen LogP contribution is -2.42. The Bertz CT molecular complexity index is 486. The molecule has 1 aromatic rings. The third kappa shape index (κ3) is 10.1. The van der Waals surface area contributed by atoms with Crippen molar-refractivity contribution in [1.82, 2.24) is 0 Å². The van der Waals surface area contributed by atoms with Crippen molar-refractivity contribution in [2.75, 3.05) is 5.75 Å². The van der Waals surface area contributed by atoms with Crippen LogP contribution >= 0.6 is 35.7 Å². The Morgan fingerprint density at radius 2 is 1.74 bits per heavy atom. The Hall–Kier alpha value is 0.404. The molecule has 1 nitrogen and oxygen atoms in total. The van der Waals surface area contributed by atoms with Crippen LogP contribution < -0.4 is 0 Å². The van der Waals surface area contributed by atoms with Gasteiger partial charge in [-0.15, -0.1) is 11.8 Å². The molecule has 0 aromatic heterocycles. The van der Waals surface area contributed by atoms with E-state index in [0.29, 0.717) is 5.25 Å². The van der Waals surface area contributed by atoms with Crippen molar-refractivity contribution in [2.24, 2.45) is 0 Å². The number of thioether (sulfide) groups is 2. The molecule has 1 rings (SSSR count). The molecule has 1 unspecified atom stereocenters. The first-order valence-electron chi connectivity index (χ1n) is 8.18. The molecule has 0 N–H and O–H groups in total. The van der Waals surface area contributed by atoms with Crippen molar-refractivity contribution in [3.63, 3.8) is 0 Å². The van der Waals surface area contributed by atoms with Crippen molar-refractivity contribution >= 4 is 55.9 Å². The predicted molar refractivity (Wildman–Crippen MR) is 119 cm³/mol. The Morgan fingerprint density at radius 1 is 1.13 bits per heavy atom. The van der Waals surface area contributed by atoms with Gasteiger partial charge in [0.05, 0.1) is 0 Å². The van der Waals surface area contributed by atoms with Crippen LogP contribution in [0.25, 0.3) is 0 Å². The molecule has 130 valence electrons. The van der Waals surface area contributed by atoms with Gasteiger partial charge in [0.1, 0.15) is 3.53 Å². The van der Waals surface area contributed by atoms with Gasteiger partial charge < -0.3 is 4.12 Å². The van der Waals surface area contributed by atoms with Crippen LogP contribution in [0.15, 0.2) is 30.3 Å². The first kappa shape index (κ1) is 21.4. The summed E-state index contributed by atoms with van der Waals surface area (Å²) in [6.45, 7) is 13.8. The molecule has 23 heavy (non-hydrogen) atoms. The fourth-order valence-electron chi connectivity index (χ4n) is 2.50. The molecular formula is C17H30OS3Si2. The largest absolute Gasteiger partial charge is 0.456 e. The van der Waals surface area contributed by atoms with Crippen LogP contribution in [-0.2, 0) is 4.12 Å². The van der Waals surface area contributed by atoms with E-state index in [2.05, 4.69) is 70.0 Å². The summed E-state index contributed by atoms with van der Waals surface area (Å²) in [6.07, 6.45) is 1.20. The van der Waals surface area contributed by atoms with E-state index in [1.807, 2.05) is 11.8 Å². The lowest BCUT2D eigenvalue weighted by molar-refractivity contribution is 0.546. The Balaban J connectivity index is 2.27. The van der Waals surface area contributed by atoms with Crippen LogP contribution in [0.2, 0.25) is 38.8 Å². The van der Waals surface area contributed by atoms with Crippen LogP contribution in [0.5, 0.6) is 0 Å². The van der Waals surface area contributed by atoms with E-state index < -0.39 is 16.6 Å². The molecule has 0 heterocycles. The SMILES string of the molecule is CC(SC(=S)SCCC[Si](C)(C)O[Si](C)(C)C)c1ccccc1. The monoisotopic (exact) mass is 402 g/mol. The summed E-state index contributed by atoms with van der Waals surface area (Å²) in [7, 11) is -2.91. The van der Waals surface area contributed by atoms with Crippen LogP contribution in [-0.4, -0.2) is 25.9 Å². The number of benzene rings is 1. The maximum atomic E-state index is 6.39. The second kappa shape index (κ2) is 9.77. The predicted octanol–water partition coefficient (Wildman–Crippen LogP) is 6.95.